The molecule has 0 amide bonds. The highest BCUT2D eigenvalue weighted by atomic mass is 35.5. The van der Waals surface area contributed by atoms with E-state index in [1.807, 2.05) is 0 Å². The third-order valence-electron chi connectivity index (χ3n) is 2.80. The Morgan fingerprint density at radius 1 is 0.864 bits per heavy atom. The van der Waals surface area contributed by atoms with Gasteiger partial charge >= 0.3 is 0 Å². The second-order valence-corrected chi connectivity index (χ2v) is 10.2. The lowest BCUT2D eigenvalue weighted by Gasteiger charge is -2.10. The van der Waals surface area contributed by atoms with Crippen molar-refractivity contribution in [3.8, 4) is 0 Å². The minimum atomic E-state index is -3.58. The van der Waals surface area contributed by atoms with Crippen LogP contribution in [0.3, 0.4) is 0 Å². The molecule has 4 nitrogen and oxygen atoms in total. The Kier molecular flexibility index (Phi) is 4.91. The molecule has 0 atom stereocenters. The van der Waals surface area contributed by atoms with Crippen LogP contribution in [0, 0.1) is 0 Å². The van der Waals surface area contributed by atoms with Crippen molar-refractivity contribution in [2.45, 2.75) is 19.6 Å². The summed E-state index contributed by atoms with van der Waals surface area (Å²) < 4.78 is 47.2. The van der Waals surface area contributed by atoms with Crippen LogP contribution in [0.15, 0.2) is 62.0 Å². The van der Waals surface area contributed by atoms with Crippen LogP contribution in [0.1, 0.15) is 0 Å². The van der Waals surface area contributed by atoms with Crippen LogP contribution in [0.4, 0.5) is 0 Å². The van der Waals surface area contributed by atoms with E-state index in [1.54, 1.807) is 24.3 Å². The zero-order valence-electron chi connectivity index (χ0n) is 11.8. The standard InChI is InChI=1S/C14H13ClO4S3/c1-21(16,17)10-7-8-13(14(9-10)22(2,18)19)20-12-6-4-3-5-11(12)15/h3-9H,1-2H3. The maximum absolute atomic E-state index is 12.0. The molecule has 0 saturated heterocycles. The van der Waals surface area contributed by atoms with Crippen molar-refractivity contribution in [3.63, 3.8) is 0 Å². The highest BCUT2D eigenvalue weighted by Gasteiger charge is 2.19. The highest BCUT2D eigenvalue weighted by molar-refractivity contribution is 8.00. The maximum Gasteiger partial charge on any atom is 0.176 e. The Labute approximate surface area is 139 Å². The van der Waals surface area contributed by atoms with Crippen LogP contribution in [-0.2, 0) is 19.7 Å². The summed E-state index contributed by atoms with van der Waals surface area (Å²) in [7, 11) is -7.06. The molecule has 0 bridgehead atoms. The molecule has 0 radical (unpaired) electrons. The molecule has 0 aliphatic heterocycles. The molecule has 2 aromatic carbocycles. The molecule has 0 heterocycles. The lowest BCUT2D eigenvalue weighted by molar-refractivity contribution is 0.598. The topological polar surface area (TPSA) is 68.3 Å². The first-order chi connectivity index (χ1) is 10.1. The highest BCUT2D eigenvalue weighted by Crippen LogP contribution is 2.37. The first-order valence-electron chi connectivity index (χ1n) is 6.05. The van der Waals surface area contributed by atoms with E-state index in [0.29, 0.717) is 14.8 Å². The molecule has 0 N–H and O–H groups in total. The maximum atomic E-state index is 12.0. The normalized spacial score (nSPS) is 12.3. The fourth-order valence-corrected chi connectivity index (χ4v) is 4.91. The fourth-order valence-electron chi connectivity index (χ4n) is 1.74. The molecule has 0 fully saturated rings. The Morgan fingerprint density at radius 3 is 2.05 bits per heavy atom. The van der Waals surface area contributed by atoms with Crippen molar-refractivity contribution < 1.29 is 16.8 Å². The monoisotopic (exact) mass is 376 g/mol. The van der Waals surface area contributed by atoms with Gasteiger partial charge in [0.05, 0.1) is 14.8 Å². The quantitative estimate of drug-likeness (QED) is 0.818. The average molecular weight is 377 g/mol. The van der Waals surface area contributed by atoms with Crippen molar-refractivity contribution in [1.82, 2.24) is 0 Å². The van der Waals surface area contributed by atoms with E-state index in [2.05, 4.69) is 0 Å². The van der Waals surface area contributed by atoms with Gasteiger partial charge in [0.25, 0.3) is 0 Å². The third kappa shape index (κ3) is 4.04. The Bertz CT molecular complexity index is 919. The van der Waals surface area contributed by atoms with Crippen molar-refractivity contribution in [2.75, 3.05) is 12.5 Å². The van der Waals surface area contributed by atoms with Crippen LogP contribution in [-0.4, -0.2) is 29.3 Å². The molecule has 0 spiro atoms. The first-order valence-corrected chi connectivity index (χ1v) is 11.0. The van der Waals surface area contributed by atoms with E-state index < -0.39 is 19.7 Å². The summed E-state index contributed by atoms with van der Waals surface area (Å²) in [6, 6.07) is 11.1. The molecule has 8 heteroatoms. The predicted molar refractivity (Wildman–Crippen MR) is 88.2 cm³/mol. The van der Waals surface area contributed by atoms with Crippen molar-refractivity contribution in [3.05, 3.63) is 47.5 Å². The van der Waals surface area contributed by atoms with E-state index in [0.717, 1.165) is 12.5 Å². The van der Waals surface area contributed by atoms with Gasteiger partial charge in [-0.3, -0.25) is 0 Å². The van der Waals surface area contributed by atoms with E-state index in [-0.39, 0.29) is 9.79 Å². The SMILES string of the molecule is CS(=O)(=O)c1ccc(Sc2ccccc2Cl)c(S(C)(=O)=O)c1. The van der Waals surface area contributed by atoms with Crippen molar-refractivity contribution in [1.29, 1.82) is 0 Å². The molecule has 0 unspecified atom stereocenters. The van der Waals surface area contributed by atoms with E-state index in [9.17, 15) is 16.8 Å². The van der Waals surface area contributed by atoms with Crippen LogP contribution < -0.4 is 0 Å². The van der Waals surface area contributed by atoms with Crippen molar-refractivity contribution >= 4 is 43.0 Å². The van der Waals surface area contributed by atoms with Gasteiger partial charge in [0, 0.05) is 22.3 Å². The molecule has 0 aliphatic carbocycles. The minimum Gasteiger partial charge on any atom is -0.224 e. The van der Waals surface area contributed by atoms with Crippen LogP contribution in [0.25, 0.3) is 0 Å². The van der Waals surface area contributed by atoms with E-state index in [1.165, 1.54) is 30.0 Å². The number of hydrogen-bond acceptors (Lipinski definition) is 5. The second-order valence-electron chi connectivity index (χ2n) is 4.69. The molecular formula is C14H13ClO4S3. The summed E-state index contributed by atoms with van der Waals surface area (Å²) >= 11 is 7.26. The molecule has 118 valence electrons. The van der Waals surface area contributed by atoms with Gasteiger partial charge in [0.1, 0.15) is 0 Å². The fraction of sp³-hybridized carbons (Fsp3) is 0.143. The lowest BCUT2D eigenvalue weighted by Crippen LogP contribution is -2.04. The lowest BCUT2D eigenvalue weighted by atomic mass is 10.4. The first kappa shape index (κ1) is 17.3. The van der Waals surface area contributed by atoms with Crippen molar-refractivity contribution in [2.24, 2.45) is 0 Å². The van der Waals surface area contributed by atoms with Gasteiger partial charge in [-0.05, 0) is 30.3 Å². The molecule has 2 aromatic rings. The van der Waals surface area contributed by atoms with Gasteiger partial charge in [0.15, 0.2) is 19.7 Å². The number of sulfone groups is 2. The van der Waals surface area contributed by atoms with Gasteiger partial charge in [-0.15, -0.1) is 0 Å². The minimum absolute atomic E-state index is 0.0275. The number of hydrogen-bond donors (Lipinski definition) is 0. The van der Waals surface area contributed by atoms with E-state index >= 15 is 0 Å². The summed E-state index contributed by atoms with van der Waals surface area (Å²) in [5.41, 5.74) is 0. The zero-order valence-corrected chi connectivity index (χ0v) is 15.0. The predicted octanol–water partition coefficient (Wildman–Crippen LogP) is 3.30. The summed E-state index contributed by atoms with van der Waals surface area (Å²) in [4.78, 5) is 1.07. The summed E-state index contributed by atoms with van der Waals surface area (Å²) in [5.74, 6) is 0. The average Bonchev–Trinajstić information content (AvgIpc) is 2.39. The Balaban J connectivity index is 2.60. The smallest absolute Gasteiger partial charge is 0.176 e. The van der Waals surface area contributed by atoms with Gasteiger partial charge < -0.3 is 0 Å². The number of rotatable bonds is 4. The number of benzene rings is 2. The molecular weight excluding hydrogens is 364 g/mol. The molecule has 22 heavy (non-hydrogen) atoms. The Morgan fingerprint density at radius 2 is 1.50 bits per heavy atom. The molecule has 0 saturated carbocycles. The third-order valence-corrected chi connectivity index (χ3v) is 6.77. The van der Waals surface area contributed by atoms with Gasteiger partial charge in [0.2, 0.25) is 0 Å². The van der Waals surface area contributed by atoms with E-state index in [4.69, 9.17) is 11.6 Å². The van der Waals surface area contributed by atoms with Gasteiger partial charge in [-0.1, -0.05) is 35.5 Å². The summed E-state index contributed by atoms with van der Waals surface area (Å²) in [6.07, 6.45) is 2.08. The van der Waals surface area contributed by atoms with Gasteiger partial charge in [-0.2, -0.15) is 0 Å². The summed E-state index contributed by atoms with van der Waals surface area (Å²) in [6.45, 7) is 0. The second kappa shape index (κ2) is 6.23. The van der Waals surface area contributed by atoms with Gasteiger partial charge in [-0.25, -0.2) is 16.8 Å². The zero-order chi connectivity index (χ0) is 16.5. The Hall–Kier alpha value is -1.02. The largest absolute Gasteiger partial charge is 0.224 e. The van der Waals surface area contributed by atoms with Crippen LogP contribution in [0.2, 0.25) is 5.02 Å². The number of halogens is 1. The van der Waals surface area contributed by atoms with Crippen LogP contribution in [0.5, 0.6) is 0 Å². The molecule has 2 rings (SSSR count). The van der Waals surface area contributed by atoms with Crippen LogP contribution >= 0.6 is 23.4 Å². The molecule has 0 aromatic heterocycles. The summed E-state index contributed by atoms with van der Waals surface area (Å²) in [5, 5.41) is 0.499. The molecule has 0 aliphatic rings.